The first-order valence-electron chi connectivity index (χ1n) is 6.80. The lowest BCUT2D eigenvalue weighted by Crippen LogP contribution is -2.26. The Bertz CT molecular complexity index is 385. The van der Waals surface area contributed by atoms with Crippen LogP contribution in [0.1, 0.15) is 44.7 Å². The van der Waals surface area contributed by atoms with Gasteiger partial charge >= 0.3 is 0 Å². The van der Waals surface area contributed by atoms with Gasteiger partial charge in [-0.25, -0.2) is 10.8 Å². The highest BCUT2D eigenvalue weighted by atomic mass is 15.3. The molecule has 0 unspecified atom stereocenters. The summed E-state index contributed by atoms with van der Waals surface area (Å²) in [5, 5.41) is 3.49. The van der Waals surface area contributed by atoms with Gasteiger partial charge in [0.15, 0.2) is 0 Å². The van der Waals surface area contributed by atoms with E-state index in [1.165, 1.54) is 32.1 Å². The van der Waals surface area contributed by atoms with E-state index in [2.05, 4.69) is 27.6 Å². The largest absolute Gasteiger partial charge is 0.367 e. The van der Waals surface area contributed by atoms with Crippen LogP contribution in [-0.2, 0) is 0 Å². The van der Waals surface area contributed by atoms with Crippen LogP contribution >= 0.6 is 0 Å². The van der Waals surface area contributed by atoms with Crippen molar-refractivity contribution in [3.63, 3.8) is 0 Å². The molecule has 5 nitrogen and oxygen atoms in total. The number of anilines is 2. The quantitative estimate of drug-likeness (QED) is 0.564. The van der Waals surface area contributed by atoms with Crippen LogP contribution in [0.5, 0.6) is 0 Å². The van der Waals surface area contributed by atoms with Gasteiger partial charge in [0.25, 0.3) is 0 Å². The SMILES string of the molecule is CCC1CCC(Nc2cc(C)nc(NN)n2)CC1. The summed E-state index contributed by atoms with van der Waals surface area (Å²) in [6, 6.07) is 2.50. The molecule has 1 aromatic heterocycles. The molecule has 18 heavy (non-hydrogen) atoms. The minimum Gasteiger partial charge on any atom is -0.367 e. The van der Waals surface area contributed by atoms with Gasteiger partial charge in [-0.15, -0.1) is 0 Å². The van der Waals surface area contributed by atoms with Crippen molar-refractivity contribution >= 4 is 11.8 Å². The highest BCUT2D eigenvalue weighted by Crippen LogP contribution is 2.28. The van der Waals surface area contributed by atoms with Gasteiger partial charge in [0, 0.05) is 17.8 Å². The van der Waals surface area contributed by atoms with Gasteiger partial charge in [-0.1, -0.05) is 13.3 Å². The molecule has 0 aromatic carbocycles. The van der Waals surface area contributed by atoms with Gasteiger partial charge < -0.3 is 5.32 Å². The van der Waals surface area contributed by atoms with E-state index in [9.17, 15) is 0 Å². The van der Waals surface area contributed by atoms with E-state index >= 15 is 0 Å². The van der Waals surface area contributed by atoms with E-state index in [1.54, 1.807) is 0 Å². The molecule has 0 saturated heterocycles. The highest BCUT2D eigenvalue weighted by molar-refractivity contribution is 5.42. The lowest BCUT2D eigenvalue weighted by molar-refractivity contribution is 0.330. The molecule has 1 aromatic rings. The van der Waals surface area contributed by atoms with E-state index in [0.717, 1.165) is 17.4 Å². The predicted molar refractivity (Wildman–Crippen MR) is 74.2 cm³/mol. The summed E-state index contributed by atoms with van der Waals surface area (Å²) >= 11 is 0. The van der Waals surface area contributed by atoms with Gasteiger partial charge in [0.2, 0.25) is 5.95 Å². The molecule has 1 aliphatic rings. The standard InChI is InChI=1S/C13H23N5/c1-3-10-4-6-11(7-5-10)16-12-8-9(2)15-13(17-12)18-14/h8,10-11H,3-7,14H2,1-2H3,(H2,15,16,17,18). The van der Waals surface area contributed by atoms with E-state index in [0.29, 0.717) is 12.0 Å². The Kier molecular flexibility index (Phi) is 4.36. The second-order valence-corrected chi connectivity index (χ2v) is 5.13. The van der Waals surface area contributed by atoms with Crippen molar-refractivity contribution < 1.29 is 0 Å². The smallest absolute Gasteiger partial charge is 0.239 e. The molecule has 1 saturated carbocycles. The minimum atomic E-state index is 0.472. The average molecular weight is 249 g/mol. The maximum atomic E-state index is 5.35. The fourth-order valence-electron chi connectivity index (χ4n) is 2.63. The van der Waals surface area contributed by atoms with Crippen LogP contribution in [0.4, 0.5) is 11.8 Å². The summed E-state index contributed by atoms with van der Waals surface area (Å²) < 4.78 is 0. The Hall–Kier alpha value is -1.36. The third-order valence-electron chi connectivity index (χ3n) is 3.76. The molecule has 0 atom stereocenters. The summed E-state index contributed by atoms with van der Waals surface area (Å²) in [4.78, 5) is 8.51. The number of nitrogens with two attached hydrogens (primary N) is 1. The zero-order valence-corrected chi connectivity index (χ0v) is 11.2. The van der Waals surface area contributed by atoms with Crippen molar-refractivity contribution in [1.82, 2.24) is 9.97 Å². The Labute approximate surface area is 109 Å². The molecule has 0 amide bonds. The van der Waals surface area contributed by atoms with Crippen molar-refractivity contribution in [2.24, 2.45) is 11.8 Å². The number of hydrogen-bond acceptors (Lipinski definition) is 5. The lowest BCUT2D eigenvalue weighted by Gasteiger charge is -2.28. The summed E-state index contributed by atoms with van der Waals surface area (Å²) in [6.07, 6.45) is 6.40. The number of hydrogen-bond donors (Lipinski definition) is 3. The highest BCUT2D eigenvalue weighted by Gasteiger charge is 2.20. The van der Waals surface area contributed by atoms with Gasteiger partial charge in [-0.2, -0.15) is 4.98 Å². The van der Waals surface area contributed by atoms with Crippen molar-refractivity contribution in [2.75, 3.05) is 10.7 Å². The molecular weight excluding hydrogens is 226 g/mol. The number of aromatic nitrogens is 2. The maximum absolute atomic E-state index is 5.35. The second-order valence-electron chi connectivity index (χ2n) is 5.13. The molecule has 1 heterocycles. The summed E-state index contributed by atoms with van der Waals surface area (Å²) in [7, 11) is 0. The zero-order chi connectivity index (χ0) is 13.0. The van der Waals surface area contributed by atoms with Crippen LogP contribution in [0, 0.1) is 12.8 Å². The topological polar surface area (TPSA) is 75.9 Å². The van der Waals surface area contributed by atoms with Gasteiger partial charge in [0.1, 0.15) is 5.82 Å². The van der Waals surface area contributed by atoms with Crippen LogP contribution in [0.15, 0.2) is 6.07 Å². The molecular formula is C13H23N5. The fourth-order valence-corrected chi connectivity index (χ4v) is 2.63. The van der Waals surface area contributed by atoms with Crippen molar-refractivity contribution in [2.45, 2.75) is 52.0 Å². The third kappa shape index (κ3) is 3.32. The number of aryl methyl sites for hydroxylation is 1. The Morgan fingerprint density at radius 3 is 2.61 bits per heavy atom. The molecule has 100 valence electrons. The maximum Gasteiger partial charge on any atom is 0.239 e. The first-order chi connectivity index (χ1) is 8.71. The number of nitrogen functional groups attached to an aromatic ring is 1. The molecule has 1 fully saturated rings. The van der Waals surface area contributed by atoms with E-state index in [-0.39, 0.29) is 0 Å². The lowest BCUT2D eigenvalue weighted by atomic mass is 9.84. The normalized spacial score (nSPS) is 23.7. The Morgan fingerprint density at radius 2 is 2.00 bits per heavy atom. The Balaban J connectivity index is 1.95. The summed E-state index contributed by atoms with van der Waals surface area (Å²) in [5.41, 5.74) is 3.42. The number of nitrogens with zero attached hydrogens (tertiary/aromatic N) is 2. The van der Waals surface area contributed by atoms with E-state index in [4.69, 9.17) is 5.84 Å². The molecule has 0 spiro atoms. The predicted octanol–water partition coefficient (Wildman–Crippen LogP) is 2.45. The van der Waals surface area contributed by atoms with Crippen LogP contribution < -0.4 is 16.6 Å². The zero-order valence-electron chi connectivity index (χ0n) is 11.2. The first-order valence-corrected chi connectivity index (χ1v) is 6.80. The van der Waals surface area contributed by atoms with Gasteiger partial charge in [0.05, 0.1) is 0 Å². The monoisotopic (exact) mass is 249 g/mol. The molecule has 4 N–H and O–H groups in total. The van der Waals surface area contributed by atoms with Crippen molar-refractivity contribution in [3.8, 4) is 0 Å². The Morgan fingerprint density at radius 1 is 1.28 bits per heavy atom. The van der Waals surface area contributed by atoms with Gasteiger partial charge in [-0.05, 0) is 38.5 Å². The average Bonchev–Trinajstić information content (AvgIpc) is 2.39. The first kappa shape index (κ1) is 13.1. The number of hydrazine groups is 1. The van der Waals surface area contributed by atoms with Crippen molar-refractivity contribution in [3.05, 3.63) is 11.8 Å². The fraction of sp³-hybridized carbons (Fsp3) is 0.692. The van der Waals surface area contributed by atoms with E-state index in [1.807, 2.05) is 13.0 Å². The molecule has 0 radical (unpaired) electrons. The van der Waals surface area contributed by atoms with Crippen molar-refractivity contribution in [1.29, 1.82) is 0 Å². The van der Waals surface area contributed by atoms with Crippen LogP contribution in [0.3, 0.4) is 0 Å². The molecule has 0 bridgehead atoms. The third-order valence-corrected chi connectivity index (χ3v) is 3.76. The van der Waals surface area contributed by atoms with E-state index < -0.39 is 0 Å². The van der Waals surface area contributed by atoms with Gasteiger partial charge in [-0.3, -0.25) is 5.43 Å². The minimum absolute atomic E-state index is 0.472. The van der Waals surface area contributed by atoms with Crippen LogP contribution in [-0.4, -0.2) is 16.0 Å². The summed E-state index contributed by atoms with van der Waals surface area (Å²) in [5.74, 6) is 7.61. The molecule has 0 aliphatic heterocycles. The molecule has 1 aliphatic carbocycles. The molecule has 5 heteroatoms. The molecule has 2 rings (SSSR count). The number of rotatable bonds is 4. The second kappa shape index (κ2) is 6.00. The summed E-state index contributed by atoms with van der Waals surface area (Å²) in [6.45, 7) is 4.23. The number of nitrogens with one attached hydrogen (secondary N) is 2. The van der Waals surface area contributed by atoms with Crippen LogP contribution in [0.25, 0.3) is 0 Å². The van der Waals surface area contributed by atoms with Crippen LogP contribution in [0.2, 0.25) is 0 Å².